The monoisotopic (exact) mass is 718 g/mol. The second-order valence-corrected chi connectivity index (χ2v) is 14.1. The van der Waals surface area contributed by atoms with Crippen LogP contribution in [0, 0.1) is 0 Å². The molecule has 0 bridgehead atoms. The van der Waals surface area contributed by atoms with E-state index in [1.54, 1.807) is 0 Å². The lowest BCUT2D eigenvalue weighted by atomic mass is 10.0. The molecule has 0 atom stereocenters. The fraction of sp³-hybridized carbons (Fsp3) is 0.0200. The standard InChI is InChI=1S/C50H34N6/c1-4-14-33(15-5-1)34-24-26-36(27-25-34)49-52-48(35-16-6-2-7-17-35)53-50(54-49)37-28-29-47(51-32-37)56-44-23-13-11-21-40(44)42-30-45-41(31-46(42)56)39-20-10-12-22-43(39)55(45)38-18-8-3-9-19-38/h1-31,51H,32H2. The van der Waals surface area contributed by atoms with Crippen LogP contribution in [0.25, 0.3) is 94.6 Å². The second kappa shape index (κ2) is 13.1. The van der Waals surface area contributed by atoms with Crippen molar-refractivity contribution in [3.05, 3.63) is 194 Å². The van der Waals surface area contributed by atoms with Crippen LogP contribution in [-0.4, -0.2) is 30.6 Å². The van der Waals surface area contributed by atoms with E-state index in [-0.39, 0.29) is 0 Å². The molecule has 0 amide bonds. The maximum Gasteiger partial charge on any atom is 0.164 e. The van der Waals surface area contributed by atoms with Crippen LogP contribution >= 0.6 is 0 Å². The summed E-state index contributed by atoms with van der Waals surface area (Å²) in [7, 11) is 0. The van der Waals surface area contributed by atoms with Crippen LogP contribution in [0.4, 0.5) is 0 Å². The van der Waals surface area contributed by atoms with Crippen LogP contribution in [0.5, 0.6) is 0 Å². The maximum absolute atomic E-state index is 5.06. The molecule has 4 heterocycles. The molecular weight excluding hydrogens is 685 g/mol. The average molecular weight is 719 g/mol. The Morgan fingerprint density at radius 3 is 1.45 bits per heavy atom. The number of dihydropyridines is 1. The molecule has 3 aromatic heterocycles. The van der Waals surface area contributed by atoms with Crippen molar-refractivity contribution in [1.82, 2.24) is 29.4 Å². The molecule has 6 heteroatoms. The quantitative estimate of drug-likeness (QED) is 0.186. The van der Waals surface area contributed by atoms with Crippen molar-refractivity contribution in [2.24, 2.45) is 0 Å². The van der Waals surface area contributed by atoms with Crippen LogP contribution in [-0.2, 0) is 0 Å². The van der Waals surface area contributed by atoms with Crippen molar-refractivity contribution in [3.63, 3.8) is 0 Å². The number of hydrogen-bond acceptors (Lipinski definition) is 4. The molecule has 0 saturated heterocycles. The first-order chi connectivity index (χ1) is 27.8. The number of hydrogen-bond donors (Lipinski definition) is 1. The van der Waals surface area contributed by atoms with E-state index >= 15 is 0 Å². The molecule has 0 radical (unpaired) electrons. The number of rotatable bonds is 6. The van der Waals surface area contributed by atoms with Gasteiger partial charge in [-0.25, -0.2) is 15.0 Å². The van der Waals surface area contributed by atoms with Gasteiger partial charge in [-0.05, 0) is 59.7 Å². The number of aromatic nitrogens is 5. The smallest absolute Gasteiger partial charge is 0.164 e. The van der Waals surface area contributed by atoms with E-state index in [0.29, 0.717) is 24.0 Å². The van der Waals surface area contributed by atoms with Gasteiger partial charge in [0.15, 0.2) is 17.5 Å². The minimum Gasteiger partial charge on any atom is -0.367 e. The van der Waals surface area contributed by atoms with E-state index in [4.69, 9.17) is 15.0 Å². The molecular formula is C50H34N6. The largest absolute Gasteiger partial charge is 0.367 e. The first kappa shape index (κ1) is 31.9. The second-order valence-electron chi connectivity index (χ2n) is 14.1. The first-order valence-electron chi connectivity index (χ1n) is 18.9. The summed E-state index contributed by atoms with van der Waals surface area (Å²) in [4.78, 5) is 15.1. The molecule has 10 aromatic rings. The molecule has 6 nitrogen and oxygen atoms in total. The van der Waals surface area contributed by atoms with Gasteiger partial charge in [0.25, 0.3) is 0 Å². The van der Waals surface area contributed by atoms with Crippen LogP contribution < -0.4 is 5.32 Å². The zero-order valence-corrected chi connectivity index (χ0v) is 30.3. The Bertz CT molecular complexity index is 3160. The molecule has 0 unspecified atom stereocenters. The summed E-state index contributed by atoms with van der Waals surface area (Å²) < 4.78 is 4.74. The Kier molecular flexibility index (Phi) is 7.45. The number of nitrogens with zero attached hydrogens (tertiary/aromatic N) is 5. The Labute approximate surface area is 323 Å². The summed E-state index contributed by atoms with van der Waals surface area (Å²) >= 11 is 0. The van der Waals surface area contributed by atoms with E-state index in [9.17, 15) is 0 Å². The first-order valence-corrected chi connectivity index (χ1v) is 18.9. The van der Waals surface area contributed by atoms with Crippen molar-refractivity contribution in [2.45, 2.75) is 0 Å². The van der Waals surface area contributed by atoms with Crippen molar-refractivity contribution in [3.8, 4) is 39.6 Å². The molecule has 1 aliphatic heterocycles. The van der Waals surface area contributed by atoms with E-state index in [2.05, 4.69) is 166 Å². The van der Waals surface area contributed by atoms with Crippen LogP contribution in [0.15, 0.2) is 188 Å². The molecule has 1 aliphatic rings. The molecule has 0 aliphatic carbocycles. The SMILES string of the molecule is C1=C(c2nc(-c3ccccc3)nc(-c3ccc(-c4ccccc4)cc3)n2)CNC(n2c3ccccc3c3cc4c(cc32)c2ccccc2n4-c2ccccc2)=C1. The van der Waals surface area contributed by atoms with Crippen molar-refractivity contribution in [2.75, 3.05) is 6.54 Å². The van der Waals surface area contributed by atoms with Gasteiger partial charge < -0.3 is 9.88 Å². The minimum absolute atomic E-state index is 0.556. The molecule has 264 valence electrons. The number of fused-ring (bicyclic) bond motifs is 6. The highest BCUT2D eigenvalue weighted by atomic mass is 15.2. The average Bonchev–Trinajstić information content (AvgIpc) is 3.78. The Morgan fingerprint density at radius 2 is 0.839 bits per heavy atom. The lowest BCUT2D eigenvalue weighted by Gasteiger charge is -2.20. The summed E-state index contributed by atoms with van der Waals surface area (Å²) in [5, 5.41) is 8.63. The van der Waals surface area contributed by atoms with Gasteiger partial charge in [-0.15, -0.1) is 0 Å². The van der Waals surface area contributed by atoms with Gasteiger partial charge in [-0.1, -0.05) is 140 Å². The highest BCUT2D eigenvalue weighted by Gasteiger charge is 2.21. The predicted octanol–water partition coefficient (Wildman–Crippen LogP) is 11.6. The fourth-order valence-electron chi connectivity index (χ4n) is 8.14. The van der Waals surface area contributed by atoms with Gasteiger partial charge in [0.2, 0.25) is 0 Å². The highest BCUT2D eigenvalue weighted by Crippen LogP contribution is 2.39. The summed E-state index contributed by atoms with van der Waals surface area (Å²) in [6.07, 6.45) is 4.31. The minimum atomic E-state index is 0.556. The van der Waals surface area contributed by atoms with Gasteiger partial charge in [0.1, 0.15) is 5.82 Å². The predicted molar refractivity (Wildman–Crippen MR) is 230 cm³/mol. The third-order valence-electron chi connectivity index (χ3n) is 10.8. The third kappa shape index (κ3) is 5.30. The van der Waals surface area contributed by atoms with Gasteiger partial charge >= 0.3 is 0 Å². The fourth-order valence-corrected chi connectivity index (χ4v) is 8.14. The Morgan fingerprint density at radius 1 is 0.375 bits per heavy atom. The summed E-state index contributed by atoms with van der Waals surface area (Å²) in [5.41, 5.74) is 11.0. The summed E-state index contributed by atoms with van der Waals surface area (Å²) in [6, 6.07) is 61.7. The van der Waals surface area contributed by atoms with Crippen LogP contribution in [0.3, 0.4) is 0 Å². The Balaban J connectivity index is 1.04. The van der Waals surface area contributed by atoms with Gasteiger partial charge in [-0.2, -0.15) is 0 Å². The zero-order valence-electron chi connectivity index (χ0n) is 30.3. The van der Waals surface area contributed by atoms with E-state index in [0.717, 1.165) is 44.8 Å². The van der Waals surface area contributed by atoms with E-state index in [1.165, 1.54) is 38.1 Å². The molecule has 0 fully saturated rings. The van der Waals surface area contributed by atoms with Gasteiger partial charge in [0, 0.05) is 50.5 Å². The zero-order chi connectivity index (χ0) is 37.0. The van der Waals surface area contributed by atoms with E-state index in [1.807, 2.05) is 36.4 Å². The van der Waals surface area contributed by atoms with Crippen LogP contribution in [0.1, 0.15) is 5.82 Å². The van der Waals surface area contributed by atoms with Gasteiger partial charge in [-0.3, -0.25) is 4.57 Å². The van der Waals surface area contributed by atoms with Crippen molar-refractivity contribution >= 4 is 55.0 Å². The normalized spacial score (nSPS) is 12.9. The number of para-hydroxylation sites is 3. The maximum atomic E-state index is 5.06. The summed E-state index contributed by atoms with van der Waals surface area (Å²) in [6.45, 7) is 0.556. The molecule has 1 N–H and O–H groups in total. The molecule has 7 aromatic carbocycles. The highest BCUT2D eigenvalue weighted by molar-refractivity contribution is 6.19. The number of nitrogens with one attached hydrogen (secondary N) is 1. The van der Waals surface area contributed by atoms with E-state index < -0.39 is 0 Å². The van der Waals surface area contributed by atoms with Gasteiger partial charge in [0.05, 0.1) is 22.1 Å². The number of allylic oxidation sites excluding steroid dienone is 2. The number of benzene rings is 7. The van der Waals surface area contributed by atoms with Crippen molar-refractivity contribution in [1.29, 1.82) is 0 Å². The lowest BCUT2D eigenvalue weighted by Crippen LogP contribution is -2.23. The van der Waals surface area contributed by atoms with Crippen LogP contribution in [0.2, 0.25) is 0 Å². The molecule has 56 heavy (non-hydrogen) atoms. The summed E-state index contributed by atoms with van der Waals surface area (Å²) in [5.74, 6) is 2.95. The molecule has 0 spiro atoms. The molecule has 11 rings (SSSR count). The Hall–Kier alpha value is -7.57. The topological polar surface area (TPSA) is 60.6 Å². The molecule has 0 saturated carbocycles. The lowest BCUT2D eigenvalue weighted by molar-refractivity contribution is 0.914. The third-order valence-corrected chi connectivity index (χ3v) is 10.8. The van der Waals surface area contributed by atoms with Crippen molar-refractivity contribution < 1.29 is 0 Å².